The quantitative estimate of drug-likeness (QED) is 0.801. The highest BCUT2D eigenvalue weighted by Gasteiger charge is 2.04. The maximum atomic E-state index is 10.7. The first-order chi connectivity index (χ1) is 6.97. The minimum Gasteiger partial charge on any atom is -0.399 e. The van der Waals surface area contributed by atoms with Crippen LogP contribution in [0, 0.1) is 0 Å². The molecule has 0 spiro atoms. The number of carbonyl (C=O) groups excluding carboxylic acids is 1. The van der Waals surface area contributed by atoms with Crippen LogP contribution >= 0.6 is 15.9 Å². The lowest BCUT2D eigenvalue weighted by Gasteiger charge is -2.14. The highest BCUT2D eigenvalue weighted by molar-refractivity contribution is 9.10. The van der Waals surface area contributed by atoms with Gasteiger partial charge in [0.25, 0.3) is 0 Å². The molecule has 0 aliphatic rings. The fraction of sp³-hybridized carbons (Fsp3) is 0.300. The van der Waals surface area contributed by atoms with E-state index in [1.807, 2.05) is 30.1 Å². The highest BCUT2D eigenvalue weighted by Crippen LogP contribution is 2.18. The Morgan fingerprint density at radius 3 is 2.67 bits per heavy atom. The summed E-state index contributed by atoms with van der Waals surface area (Å²) in [5, 5.41) is 0. The molecule has 5 heteroatoms. The van der Waals surface area contributed by atoms with Gasteiger partial charge in [-0.15, -0.1) is 0 Å². The summed E-state index contributed by atoms with van der Waals surface area (Å²) in [5.74, 6) is -0.333. The number of nitrogens with zero attached hydrogens (tertiary/aromatic N) is 1. The lowest BCUT2D eigenvalue weighted by Crippen LogP contribution is -2.30. The second-order valence-electron chi connectivity index (χ2n) is 3.53. The normalized spacial score (nSPS) is 10.6. The zero-order valence-corrected chi connectivity index (χ0v) is 10.1. The Hall–Kier alpha value is -1.07. The minimum absolute atomic E-state index is 0.242. The van der Waals surface area contributed by atoms with Gasteiger partial charge in [-0.3, -0.25) is 9.69 Å². The van der Waals surface area contributed by atoms with Crippen LogP contribution in [0.25, 0.3) is 0 Å². The van der Waals surface area contributed by atoms with Crippen molar-refractivity contribution in [2.45, 2.75) is 6.54 Å². The summed E-state index contributed by atoms with van der Waals surface area (Å²) in [6.07, 6.45) is 0. The van der Waals surface area contributed by atoms with E-state index < -0.39 is 0 Å². The molecule has 0 aromatic heterocycles. The topological polar surface area (TPSA) is 72.3 Å². The van der Waals surface area contributed by atoms with Gasteiger partial charge in [-0.25, -0.2) is 0 Å². The second-order valence-corrected chi connectivity index (χ2v) is 4.45. The van der Waals surface area contributed by atoms with Crippen LogP contribution in [0.5, 0.6) is 0 Å². The summed E-state index contributed by atoms with van der Waals surface area (Å²) in [6.45, 7) is 0.888. The van der Waals surface area contributed by atoms with Gasteiger partial charge in [0, 0.05) is 16.7 Å². The van der Waals surface area contributed by atoms with Crippen LogP contribution in [0.1, 0.15) is 5.56 Å². The molecule has 0 saturated carbocycles. The molecule has 1 rings (SSSR count). The van der Waals surface area contributed by atoms with Crippen molar-refractivity contribution in [2.75, 3.05) is 19.3 Å². The lowest BCUT2D eigenvalue weighted by molar-refractivity contribution is -0.118. The number of amides is 1. The van der Waals surface area contributed by atoms with Crippen molar-refractivity contribution in [1.82, 2.24) is 4.90 Å². The van der Waals surface area contributed by atoms with Crippen molar-refractivity contribution in [3.8, 4) is 0 Å². The van der Waals surface area contributed by atoms with Crippen LogP contribution in [-0.4, -0.2) is 24.4 Å². The fourth-order valence-electron chi connectivity index (χ4n) is 1.40. The van der Waals surface area contributed by atoms with E-state index in [1.54, 1.807) is 0 Å². The van der Waals surface area contributed by atoms with Crippen molar-refractivity contribution < 1.29 is 4.79 Å². The Kier molecular flexibility index (Phi) is 4.11. The summed E-state index contributed by atoms with van der Waals surface area (Å²) in [5.41, 5.74) is 12.5. The molecule has 0 radical (unpaired) electrons. The molecule has 0 heterocycles. The van der Waals surface area contributed by atoms with Gasteiger partial charge in [0.2, 0.25) is 5.91 Å². The highest BCUT2D eigenvalue weighted by atomic mass is 79.9. The van der Waals surface area contributed by atoms with Gasteiger partial charge in [0.1, 0.15) is 0 Å². The zero-order chi connectivity index (χ0) is 11.4. The number of primary amides is 1. The van der Waals surface area contributed by atoms with Crippen molar-refractivity contribution in [1.29, 1.82) is 0 Å². The average Bonchev–Trinajstić information content (AvgIpc) is 1.98. The van der Waals surface area contributed by atoms with Gasteiger partial charge in [-0.2, -0.15) is 0 Å². The molecule has 0 unspecified atom stereocenters. The SMILES string of the molecule is CN(CC(N)=O)Cc1cc(N)cc(Br)c1. The number of hydrogen-bond donors (Lipinski definition) is 2. The molecule has 0 aliphatic carbocycles. The number of hydrogen-bond acceptors (Lipinski definition) is 3. The van der Waals surface area contributed by atoms with Crippen molar-refractivity contribution in [2.24, 2.45) is 5.73 Å². The van der Waals surface area contributed by atoms with Gasteiger partial charge in [-0.05, 0) is 30.8 Å². The fourth-order valence-corrected chi connectivity index (χ4v) is 1.96. The van der Waals surface area contributed by atoms with E-state index in [0.29, 0.717) is 12.2 Å². The predicted molar refractivity (Wildman–Crippen MR) is 64.1 cm³/mol. The summed E-state index contributed by atoms with van der Waals surface area (Å²) in [7, 11) is 1.84. The van der Waals surface area contributed by atoms with E-state index in [0.717, 1.165) is 10.0 Å². The summed E-state index contributed by atoms with van der Waals surface area (Å²) >= 11 is 3.36. The van der Waals surface area contributed by atoms with E-state index in [9.17, 15) is 4.79 Å². The Morgan fingerprint density at radius 2 is 2.13 bits per heavy atom. The molecule has 1 aromatic carbocycles. The molecule has 0 aliphatic heterocycles. The zero-order valence-electron chi connectivity index (χ0n) is 8.53. The maximum Gasteiger partial charge on any atom is 0.231 e. The average molecular weight is 272 g/mol. The van der Waals surface area contributed by atoms with Gasteiger partial charge in [-0.1, -0.05) is 15.9 Å². The van der Waals surface area contributed by atoms with E-state index in [1.165, 1.54) is 0 Å². The molecule has 0 fully saturated rings. The number of likely N-dealkylation sites (N-methyl/N-ethyl adjacent to an activating group) is 1. The molecular formula is C10H14BrN3O. The first-order valence-corrected chi connectivity index (χ1v) is 5.28. The first kappa shape index (κ1) is 12.0. The lowest BCUT2D eigenvalue weighted by atomic mass is 10.2. The van der Waals surface area contributed by atoms with Crippen LogP contribution in [0.2, 0.25) is 0 Å². The molecule has 1 amide bonds. The molecule has 0 bridgehead atoms. The molecule has 0 saturated heterocycles. The van der Waals surface area contributed by atoms with Crippen LogP contribution in [0.4, 0.5) is 5.69 Å². The number of rotatable bonds is 4. The van der Waals surface area contributed by atoms with Crippen molar-refractivity contribution in [3.63, 3.8) is 0 Å². The van der Waals surface area contributed by atoms with Crippen LogP contribution < -0.4 is 11.5 Å². The van der Waals surface area contributed by atoms with Gasteiger partial charge in [0.05, 0.1) is 6.54 Å². The molecule has 4 nitrogen and oxygen atoms in total. The number of nitrogens with two attached hydrogens (primary N) is 2. The van der Waals surface area contributed by atoms with Crippen LogP contribution in [0.15, 0.2) is 22.7 Å². The molecule has 0 atom stereocenters. The van der Waals surface area contributed by atoms with E-state index in [4.69, 9.17) is 11.5 Å². The number of benzene rings is 1. The van der Waals surface area contributed by atoms with Gasteiger partial charge in [0.15, 0.2) is 0 Å². The molecule has 1 aromatic rings. The Bertz CT molecular complexity index is 347. The Balaban J connectivity index is 2.67. The van der Waals surface area contributed by atoms with Crippen LogP contribution in [-0.2, 0) is 11.3 Å². The summed E-state index contributed by atoms with van der Waals surface area (Å²) in [6, 6.07) is 5.67. The van der Waals surface area contributed by atoms with Crippen molar-refractivity contribution in [3.05, 3.63) is 28.2 Å². The third-order valence-electron chi connectivity index (χ3n) is 1.86. The first-order valence-electron chi connectivity index (χ1n) is 4.49. The summed E-state index contributed by atoms with van der Waals surface area (Å²) in [4.78, 5) is 12.5. The van der Waals surface area contributed by atoms with E-state index >= 15 is 0 Å². The molecular weight excluding hydrogens is 258 g/mol. The Morgan fingerprint density at radius 1 is 1.47 bits per heavy atom. The monoisotopic (exact) mass is 271 g/mol. The Labute approximate surface area is 97.4 Å². The molecule has 4 N–H and O–H groups in total. The number of carbonyl (C=O) groups is 1. The molecule has 82 valence electrons. The summed E-state index contributed by atoms with van der Waals surface area (Å²) < 4.78 is 0.935. The number of nitrogen functional groups attached to an aromatic ring is 1. The van der Waals surface area contributed by atoms with Gasteiger partial charge >= 0.3 is 0 Å². The second kappa shape index (κ2) is 5.14. The molecule has 15 heavy (non-hydrogen) atoms. The van der Waals surface area contributed by atoms with Gasteiger partial charge < -0.3 is 11.5 Å². The number of halogens is 1. The minimum atomic E-state index is -0.333. The standard InChI is InChI=1S/C10H14BrN3O/c1-14(6-10(13)15)5-7-2-8(11)4-9(12)3-7/h2-4H,5-6,12H2,1H3,(H2,13,15). The van der Waals surface area contributed by atoms with E-state index in [-0.39, 0.29) is 12.5 Å². The maximum absolute atomic E-state index is 10.7. The predicted octanol–water partition coefficient (Wildman–Crippen LogP) is 0.948. The van der Waals surface area contributed by atoms with Crippen LogP contribution in [0.3, 0.4) is 0 Å². The third-order valence-corrected chi connectivity index (χ3v) is 2.32. The third kappa shape index (κ3) is 4.31. The number of anilines is 1. The smallest absolute Gasteiger partial charge is 0.231 e. The largest absolute Gasteiger partial charge is 0.399 e. The van der Waals surface area contributed by atoms with E-state index in [2.05, 4.69) is 15.9 Å². The van der Waals surface area contributed by atoms with Crippen molar-refractivity contribution >= 4 is 27.5 Å².